The number of nitrogens with zero attached hydrogens (tertiary/aromatic N) is 5. The number of anilines is 1. The minimum absolute atomic E-state index is 0.00142. The number of esters is 1. The van der Waals surface area contributed by atoms with Gasteiger partial charge in [0.15, 0.2) is 0 Å². The number of cyclic esters (lactones) is 2. The van der Waals surface area contributed by atoms with Gasteiger partial charge in [-0.15, -0.1) is 0 Å². The Morgan fingerprint density at radius 3 is 1.97 bits per heavy atom. The van der Waals surface area contributed by atoms with Crippen LogP contribution in [0.3, 0.4) is 0 Å². The summed E-state index contributed by atoms with van der Waals surface area (Å²) in [5, 5.41) is 0.669. The first kappa shape index (κ1) is 27.0. The van der Waals surface area contributed by atoms with Crippen molar-refractivity contribution in [3.63, 3.8) is 0 Å². The van der Waals surface area contributed by atoms with Gasteiger partial charge in [0, 0.05) is 18.3 Å². The average Bonchev–Trinajstić information content (AvgIpc) is 3.35. The zero-order chi connectivity index (χ0) is 24.5. The molecule has 0 bridgehead atoms. The van der Waals surface area contributed by atoms with E-state index in [1.807, 2.05) is 13.8 Å². The van der Waals surface area contributed by atoms with E-state index in [0.717, 1.165) is 0 Å². The second kappa shape index (κ2) is 12.9. The van der Waals surface area contributed by atoms with Gasteiger partial charge in [0.05, 0.1) is 19.1 Å². The Kier molecular flexibility index (Phi) is 10.5. The van der Waals surface area contributed by atoms with E-state index in [2.05, 4.69) is 33.8 Å². The highest BCUT2D eigenvalue weighted by molar-refractivity contribution is 6.31. The second-order valence-corrected chi connectivity index (χ2v) is 9.05. The molecule has 2 atom stereocenters. The maximum atomic E-state index is 11.6. The molecule has 2 aromatic rings. The van der Waals surface area contributed by atoms with Crippen molar-refractivity contribution in [3.8, 4) is 0 Å². The monoisotopic (exact) mass is 517 g/mol. The highest BCUT2D eigenvalue weighted by Gasteiger charge is 2.37. The fourth-order valence-electron chi connectivity index (χ4n) is 2.93. The van der Waals surface area contributed by atoms with Crippen molar-refractivity contribution in [2.75, 3.05) is 18.1 Å². The van der Waals surface area contributed by atoms with Gasteiger partial charge in [-0.2, -0.15) is 0 Å². The molecule has 0 aliphatic carbocycles. The van der Waals surface area contributed by atoms with Crippen LogP contribution in [0.15, 0.2) is 24.5 Å². The summed E-state index contributed by atoms with van der Waals surface area (Å²) >= 11 is 16.4. The summed E-state index contributed by atoms with van der Waals surface area (Å²) in [7, 11) is 0. The quantitative estimate of drug-likeness (QED) is 0.314. The minimum Gasteiger partial charge on any atom is -0.465 e. The van der Waals surface area contributed by atoms with Crippen LogP contribution in [0.5, 0.6) is 0 Å². The highest BCUT2D eigenvalue weighted by Crippen LogP contribution is 2.25. The molecular weight excluding hydrogens is 493 g/mol. The zero-order valence-corrected chi connectivity index (χ0v) is 21.0. The number of carbonyl (C=O) groups is 2. The van der Waals surface area contributed by atoms with Crippen molar-refractivity contribution in [2.45, 2.75) is 40.2 Å². The summed E-state index contributed by atoms with van der Waals surface area (Å²) in [5.41, 5.74) is 0. The summed E-state index contributed by atoms with van der Waals surface area (Å²) in [6, 6.07) is 3.21. The smallest absolute Gasteiger partial charge is 0.415 e. The van der Waals surface area contributed by atoms with E-state index in [9.17, 15) is 9.59 Å². The van der Waals surface area contributed by atoms with Crippen molar-refractivity contribution in [1.29, 1.82) is 0 Å². The predicted octanol–water partition coefficient (Wildman–Crippen LogP) is 5.10. The molecule has 2 aromatic heterocycles. The van der Waals surface area contributed by atoms with Crippen LogP contribution in [0.25, 0.3) is 0 Å². The van der Waals surface area contributed by atoms with Crippen LogP contribution in [0, 0.1) is 17.8 Å². The van der Waals surface area contributed by atoms with Crippen LogP contribution >= 0.6 is 34.8 Å². The highest BCUT2D eigenvalue weighted by atomic mass is 35.5. The number of ether oxygens (including phenoxy) is 2. The number of hydrogen-bond acceptors (Lipinski definition) is 8. The van der Waals surface area contributed by atoms with Gasteiger partial charge >= 0.3 is 12.1 Å². The van der Waals surface area contributed by atoms with Gasteiger partial charge in [-0.25, -0.2) is 24.7 Å². The molecule has 4 rings (SSSR count). The van der Waals surface area contributed by atoms with E-state index < -0.39 is 0 Å². The lowest BCUT2D eigenvalue weighted by molar-refractivity contribution is -0.137. The number of carbonyl (C=O) groups excluding carboxylic acids is 2. The first-order valence-electron chi connectivity index (χ1n) is 10.3. The van der Waals surface area contributed by atoms with E-state index in [1.165, 1.54) is 17.3 Å². The van der Waals surface area contributed by atoms with Crippen LogP contribution in [-0.2, 0) is 14.3 Å². The molecule has 2 aliphatic rings. The van der Waals surface area contributed by atoms with E-state index in [-0.39, 0.29) is 28.7 Å². The SMILES string of the molecule is CC(C)[C@H]1COC(=O)C1.CC(C)[C@H]1COC(=O)N1c1ccnc(Cl)n1.Clc1ccnc(Cl)n1. The Bertz CT molecular complexity index is 930. The number of hydrogen-bond donors (Lipinski definition) is 0. The van der Waals surface area contributed by atoms with E-state index in [1.54, 1.807) is 12.1 Å². The van der Waals surface area contributed by atoms with Gasteiger partial charge in [-0.1, -0.05) is 39.3 Å². The van der Waals surface area contributed by atoms with Crippen molar-refractivity contribution >= 4 is 52.7 Å². The standard InChI is InChI=1S/C10H12ClN3O2.C7H12O2.C4H2Cl2N2/c1-6(2)7-5-16-10(15)14(7)8-3-4-12-9(11)13-8;1-5(2)6-3-7(8)9-4-6;5-3-1-2-7-4(6)8-3/h3-4,6-7H,5H2,1-2H3;5-6H,3-4H2,1-2H3;1-2H/t7-;6-;/m11./s1. The third kappa shape index (κ3) is 8.57. The van der Waals surface area contributed by atoms with Gasteiger partial charge in [-0.05, 0) is 47.2 Å². The van der Waals surface area contributed by atoms with Crippen molar-refractivity contribution < 1.29 is 19.1 Å². The van der Waals surface area contributed by atoms with Crippen LogP contribution < -0.4 is 4.90 Å². The maximum absolute atomic E-state index is 11.6. The molecule has 0 unspecified atom stereocenters. The van der Waals surface area contributed by atoms with E-state index in [4.69, 9.17) is 44.3 Å². The van der Waals surface area contributed by atoms with Crippen LogP contribution in [-0.4, -0.2) is 51.3 Å². The van der Waals surface area contributed by atoms with Gasteiger partial charge in [0.1, 0.15) is 17.6 Å². The first-order valence-corrected chi connectivity index (χ1v) is 11.5. The number of aromatic nitrogens is 4. The molecule has 4 heterocycles. The molecule has 2 fully saturated rings. The Labute approximate surface area is 207 Å². The van der Waals surface area contributed by atoms with Gasteiger partial charge in [0.25, 0.3) is 0 Å². The van der Waals surface area contributed by atoms with Gasteiger partial charge < -0.3 is 9.47 Å². The van der Waals surface area contributed by atoms with Crippen LogP contribution in [0.4, 0.5) is 10.6 Å². The van der Waals surface area contributed by atoms with Crippen LogP contribution in [0.2, 0.25) is 15.7 Å². The third-order valence-corrected chi connectivity index (χ3v) is 5.53. The minimum atomic E-state index is -0.381. The van der Waals surface area contributed by atoms with E-state index >= 15 is 0 Å². The molecular formula is C21H26Cl3N5O4. The molecule has 0 aromatic carbocycles. The van der Waals surface area contributed by atoms with Gasteiger partial charge in [-0.3, -0.25) is 9.69 Å². The molecule has 9 nitrogen and oxygen atoms in total. The molecule has 0 N–H and O–H groups in total. The summed E-state index contributed by atoms with van der Waals surface area (Å²) in [5.74, 6) is 1.80. The predicted molar refractivity (Wildman–Crippen MR) is 125 cm³/mol. The Morgan fingerprint density at radius 2 is 1.55 bits per heavy atom. The molecule has 2 saturated heterocycles. The fourth-order valence-corrected chi connectivity index (χ4v) is 3.40. The molecule has 1 amide bonds. The summed E-state index contributed by atoms with van der Waals surface area (Å²) in [6.45, 7) is 9.32. The topological polar surface area (TPSA) is 107 Å². The molecule has 33 heavy (non-hydrogen) atoms. The Morgan fingerprint density at radius 1 is 0.909 bits per heavy atom. The van der Waals surface area contributed by atoms with Crippen LogP contribution in [0.1, 0.15) is 34.1 Å². The van der Waals surface area contributed by atoms with Crippen molar-refractivity contribution in [3.05, 3.63) is 40.2 Å². The van der Waals surface area contributed by atoms with E-state index in [0.29, 0.717) is 48.4 Å². The molecule has 0 radical (unpaired) electrons. The van der Waals surface area contributed by atoms with Gasteiger partial charge in [0.2, 0.25) is 10.6 Å². The largest absolute Gasteiger partial charge is 0.465 e. The Balaban J connectivity index is 0.000000192. The molecule has 12 heteroatoms. The molecule has 0 saturated carbocycles. The molecule has 0 spiro atoms. The lowest BCUT2D eigenvalue weighted by Crippen LogP contribution is -2.37. The first-order chi connectivity index (χ1) is 15.6. The number of halogens is 3. The third-order valence-electron chi connectivity index (χ3n) is 4.96. The summed E-state index contributed by atoms with van der Waals surface area (Å²) < 4.78 is 9.81. The average molecular weight is 519 g/mol. The molecule has 2 aliphatic heterocycles. The number of rotatable bonds is 3. The fraction of sp³-hybridized carbons (Fsp3) is 0.524. The normalized spacial score (nSPS) is 19.5. The Hall–Kier alpha value is -2.23. The maximum Gasteiger partial charge on any atom is 0.415 e. The lowest BCUT2D eigenvalue weighted by atomic mass is 9.95. The summed E-state index contributed by atoms with van der Waals surface area (Å²) in [6.07, 6.45) is 3.26. The number of amides is 1. The lowest BCUT2D eigenvalue weighted by Gasteiger charge is -2.22. The van der Waals surface area contributed by atoms with Crippen molar-refractivity contribution in [1.82, 2.24) is 19.9 Å². The second-order valence-electron chi connectivity index (χ2n) is 7.98. The zero-order valence-electron chi connectivity index (χ0n) is 18.7. The van der Waals surface area contributed by atoms with Crippen molar-refractivity contribution in [2.24, 2.45) is 17.8 Å². The molecule has 180 valence electrons. The summed E-state index contributed by atoms with van der Waals surface area (Å²) in [4.78, 5) is 38.7.